The molecule has 2 amide bonds. The van der Waals surface area contributed by atoms with E-state index < -0.39 is 17.9 Å². The molecule has 2 rings (SSSR count). The fraction of sp³-hybridized carbons (Fsp3) is 0.286. The average Bonchev–Trinajstić information content (AvgIpc) is 2.63. The molecule has 0 radical (unpaired) electrons. The highest BCUT2D eigenvalue weighted by Crippen LogP contribution is 2.17. The summed E-state index contributed by atoms with van der Waals surface area (Å²) in [5.74, 6) is -1.58. The molecule has 2 aromatic carbocycles. The van der Waals surface area contributed by atoms with Crippen LogP contribution in [0.3, 0.4) is 0 Å². The van der Waals surface area contributed by atoms with Crippen molar-refractivity contribution in [2.45, 2.75) is 32.7 Å². The SMILES string of the molecule is CC(C)CC(NC(=O)Cc1ccccc1NC(=O)c1ccccc1)C(=O)O. The highest BCUT2D eigenvalue weighted by atomic mass is 16.4. The summed E-state index contributed by atoms with van der Waals surface area (Å²) in [5.41, 5.74) is 1.66. The summed E-state index contributed by atoms with van der Waals surface area (Å²) >= 11 is 0. The first kappa shape index (κ1) is 20.2. The molecule has 142 valence electrons. The van der Waals surface area contributed by atoms with Crippen LogP contribution < -0.4 is 10.6 Å². The van der Waals surface area contributed by atoms with E-state index in [0.29, 0.717) is 23.2 Å². The minimum Gasteiger partial charge on any atom is -0.480 e. The molecular formula is C21H24N2O4. The minimum atomic E-state index is -1.05. The molecule has 0 aliphatic carbocycles. The smallest absolute Gasteiger partial charge is 0.326 e. The lowest BCUT2D eigenvalue weighted by molar-refractivity contribution is -0.142. The number of hydrogen-bond acceptors (Lipinski definition) is 3. The highest BCUT2D eigenvalue weighted by molar-refractivity contribution is 6.04. The third kappa shape index (κ3) is 6.26. The van der Waals surface area contributed by atoms with Gasteiger partial charge in [0.2, 0.25) is 5.91 Å². The molecule has 3 N–H and O–H groups in total. The largest absolute Gasteiger partial charge is 0.480 e. The summed E-state index contributed by atoms with van der Waals surface area (Å²) in [4.78, 5) is 36.0. The number of rotatable bonds is 8. The van der Waals surface area contributed by atoms with Crippen LogP contribution >= 0.6 is 0 Å². The molecule has 1 atom stereocenters. The average molecular weight is 368 g/mol. The van der Waals surface area contributed by atoms with Gasteiger partial charge in [0.15, 0.2) is 0 Å². The van der Waals surface area contributed by atoms with E-state index in [9.17, 15) is 19.5 Å². The number of nitrogens with one attached hydrogen (secondary N) is 2. The first-order valence-electron chi connectivity index (χ1n) is 8.83. The maximum atomic E-state index is 12.4. The van der Waals surface area contributed by atoms with Crippen molar-refractivity contribution in [3.05, 3.63) is 65.7 Å². The summed E-state index contributed by atoms with van der Waals surface area (Å²) < 4.78 is 0. The van der Waals surface area contributed by atoms with Crippen molar-refractivity contribution in [2.24, 2.45) is 5.92 Å². The van der Waals surface area contributed by atoms with Crippen LogP contribution in [0.2, 0.25) is 0 Å². The van der Waals surface area contributed by atoms with Gasteiger partial charge in [-0.15, -0.1) is 0 Å². The lowest BCUT2D eigenvalue weighted by atomic mass is 10.0. The van der Waals surface area contributed by atoms with Gasteiger partial charge in [-0.1, -0.05) is 50.2 Å². The second-order valence-corrected chi connectivity index (χ2v) is 6.74. The van der Waals surface area contributed by atoms with Gasteiger partial charge >= 0.3 is 5.97 Å². The summed E-state index contributed by atoms with van der Waals surface area (Å²) in [7, 11) is 0. The first-order valence-corrected chi connectivity index (χ1v) is 8.83. The quantitative estimate of drug-likeness (QED) is 0.667. The minimum absolute atomic E-state index is 0.0207. The van der Waals surface area contributed by atoms with Gasteiger partial charge in [-0.3, -0.25) is 9.59 Å². The Bertz CT molecular complexity index is 803. The van der Waals surface area contributed by atoms with Crippen LogP contribution in [0.4, 0.5) is 5.69 Å². The molecule has 0 saturated heterocycles. The Balaban J connectivity index is 2.07. The van der Waals surface area contributed by atoms with Gasteiger partial charge in [0.05, 0.1) is 6.42 Å². The van der Waals surface area contributed by atoms with E-state index in [4.69, 9.17) is 0 Å². The summed E-state index contributed by atoms with van der Waals surface area (Å²) in [6.45, 7) is 3.80. The summed E-state index contributed by atoms with van der Waals surface area (Å²) in [5, 5.41) is 14.6. The van der Waals surface area contributed by atoms with Crippen LogP contribution in [0.15, 0.2) is 54.6 Å². The molecule has 2 aromatic rings. The Morgan fingerprint density at radius 3 is 2.22 bits per heavy atom. The molecular weight excluding hydrogens is 344 g/mol. The maximum absolute atomic E-state index is 12.4. The number of carbonyl (C=O) groups excluding carboxylic acids is 2. The number of benzene rings is 2. The molecule has 6 heteroatoms. The van der Waals surface area contributed by atoms with Crippen molar-refractivity contribution in [1.29, 1.82) is 0 Å². The molecule has 0 aromatic heterocycles. The van der Waals surface area contributed by atoms with E-state index in [2.05, 4.69) is 10.6 Å². The third-order valence-electron chi connectivity index (χ3n) is 3.99. The van der Waals surface area contributed by atoms with Gasteiger partial charge < -0.3 is 15.7 Å². The molecule has 1 unspecified atom stereocenters. The molecule has 27 heavy (non-hydrogen) atoms. The van der Waals surface area contributed by atoms with Crippen molar-refractivity contribution in [2.75, 3.05) is 5.32 Å². The Morgan fingerprint density at radius 1 is 0.963 bits per heavy atom. The van der Waals surface area contributed by atoms with Gasteiger partial charge in [0.1, 0.15) is 6.04 Å². The van der Waals surface area contributed by atoms with Crippen LogP contribution in [-0.4, -0.2) is 28.9 Å². The molecule has 0 saturated carbocycles. The number of hydrogen-bond donors (Lipinski definition) is 3. The van der Waals surface area contributed by atoms with Crippen LogP contribution in [0, 0.1) is 5.92 Å². The van der Waals surface area contributed by atoms with E-state index in [1.807, 2.05) is 19.9 Å². The molecule has 0 spiro atoms. The Hall–Kier alpha value is -3.15. The Morgan fingerprint density at radius 2 is 1.59 bits per heavy atom. The van der Waals surface area contributed by atoms with Crippen LogP contribution in [0.1, 0.15) is 36.2 Å². The molecule has 0 bridgehead atoms. The fourth-order valence-corrected chi connectivity index (χ4v) is 2.69. The second kappa shape index (κ2) is 9.52. The summed E-state index contributed by atoms with van der Waals surface area (Å²) in [6.07, 6.45) is 0.334. The molecule has 0 aliphatic heterocycles. The fourth-order valence-electron chi connectivity index (χ4n) is 2.69. The topological polar surface area (TPSA) is 95.5 Å². The standard InChI is InChI=1S/C21H24N2O4/c1-14(2)12-18(21(26)27)22-19(24)13-16-10-6-7-11-17(16)23-20(25)15-8-4-3-5-9-15/h3-11,14,18H,12-13H2,1-2H3,(H,22,24)(H,23,25)(H,26,27). The van der Waals surface area contributed by atoms with Crippen LogP contribution in [-0.2, 0) is 16.0 Å². The van der Waals surface area contributed by atoms with Crippen molar-refractivity contribution in [1.82, 2.24) is 5.32 Å². The number of anilines is 1. The molecule has 0 heterocycles. The van der Waals surface area contributed by atoms with Gasteiger partial charge in [-0.25, -0.2) is 4.79 Å². The first-order chi connectivity index (χ1) is 12.9. The van der Waals surface area contributed by atoms with E-state index >= 15 is 0 Å². The summed E-state index contributed by atoms with van der Waals surface area (Å²) in [6, 6.07) is 14.8. The van der Waals surface area contributed by atoms with Crippen LogP contribution in [0.5, 0.6) is 0 Å². The molecule has 6 nitrogen and oxygen atoms in total. The number of para-hydroxylation sites is 1. The number of carbonyl (C=O) groups is 3. The van der Waals surface area contributed by atoms with Gasteiger partial charge in [0.25, 0.3) is 5.91 Å². The van der Waals surface area contributed by atoms with Gasteiger partial charge in [0, 0.05) is 11.3 Å². The second-order valence-electron chi connectivity index (χ2n) is 6.74. The van der Waals surface area contributed by atoms with Crippen molar-refractivity contribution in [3.8, 4) is 0 Å². The Labute approximate surface area is 158 Å². The van der Waals surface area contributed by atoms with Crippen molar-refractivity contribution < 1.29 is 19.5 Å². The normalized spacial score (nSPS) is 11.7. The number of carboxylic acids is 1. The van der Waals surface area contributed by atoms with E-state index in [1.54, 1.807) is 48.5 Å². The number of amides is 2. The van der Waals surface area contributed by atoms with Crippen molar-refractivity contribution in [3.63, 3.8) is 0 Å². The Kier molecular flexibility index (Phi) is 7.11. The zero-order valence-electron chi connectivity index (χ0n) is 15.4. The van der Waals surface area contributed by atoms with E-state index in [0.717, 1.165) is 0 Å². The maximum Gasteiger partial charge on any atom is 0.326 e. The van der Waals surface area contributed by atoms with Gasteiger partial charge in [-0.05, 0) is 36.1 Å². The van der Waals surface area contributed by atoms with Crippen LogP contribution in [0.25, 0.3) is 0 Å². The number of aliphatic carboxylic acids is 1. The highest BCUT2D eigenvalue weighted by Gasteiger charge is 2.21. The number of carboxylic acid groups (broad SMARTS) is 1. The lowest BCUT2D eigenvalue weighted by Crippen LogP contribution is -2.42. The predicted octanol–water partition coefficient (Wildman–Crippen LogP) is 3.10. The van der Waals surface area contributed by atoms with E-state index in [-0.39, 0.29) is 18.2 Å². The zero-order chi connectivity index (χ0) is 19.8. The lowest BCUT2D eigenvalue weighted by Gasteiger charge is -2.17. The molecule has 0 aliphatic rings. The molecule has 0 fully saturated rings. The monoisotopic (exact) mass is 368 g/mol. The zero-order valence-corrected chi connectivity index (χ0v) is 15.4. The third-order valence-corrected chi connectivity index (χ3v) is 3.99. The van der Waals surface area contributed by atoms with Gasteiger partial charge in [-0.2, -0.15) is 0 Å². The van der Waals surface area contributed by atoms with Crippen molar-refractivity contribution >= 4 is 23.5 Å². The predicted molar refractivity (Wildman–Crippen MR) is 104 cm³/mol. The van der Waals surface area contributed by atoms with E-state index in [1.165, 1.54) is 0 Å².